The van der Waals surface area contributed by atoms with Crippen LogP contribution in [0.4, 0.5) is 30.7 Å². The summed E-state index contributed by atoms with van der Waals surface area (Å²) in [5.41, 5.74) is 12.1. The van der Waals surface area contributed by atoms with Crippen LogP contribution >= 0.6 is 34.5 Å². The van der Waals surface area contributed by atoms with Crippen molar-refractivity contribution in [2.45, 2.75) is 137 Å². The third-order valence-corrected chi connectivity index (χ3v) is 24.8. The molecule has 2 aliphatic heterocycles. The summed E-state index contributed by atoms with van der Waals surface area (Å²) in [6, 6.07) is 73.9. The van der Waals surface area contributed by atoms with Crippen molar-refractivity contribution in [3.63, 3.8) is 0 Å². The minimum absolute atomic E-state index is 0.100. The SMILES string of the molecule is CNCC[C@@H](Oc1ccc(C(F)(F)F)cc1)c1ccccc1.CNCC[C@H](Oc1cccc2ccccc12)c1cccs1.CN[C@H]1CC[C@@H](c2ccc(Cl)c(Cl)c2)c2ccccc21.COCCCC/C(=N/OCCN)c1ccc(C(F)(F)F)cc1.COc1ccc(C(CN(C)C)C2(O)CCCCC2)cc1.Fc1ccc([C@@H]2CCNCC2COc2ccc3c(c2)OCO3)cc1. The van der Waals surface area contributed by atoms with Crippen molar-refractivity contribution in [1.82, 2.24) is 26.2 Å². The minimum atomic E-state index is -4.34. The number of thiophene rings is 1. The molecule has 4 aliphatic rings. The van der Waals surface area contributed by atoms with E-state index in [0.29, 0.717) is 77.0 Å². The third kappa shape index (κ3) is 31.5. The summed E-state index contributed by atoms with van der Waals surface area (Å²) in [6.07, 6.45) is 3.79. The molecule has 11 aromatic rings. The van der Waals surface area contributed by atoms with Crippen LogP contribution in [-0.2, 0) is 21.9 Å². The van der Waals surface area contributed by atoms with Crippen LogP contribution < -0.4 is 55.4 Å². The second-order valence-corrected chi connectivity index (χ2v) is 34.2. The molecule has 15 rings (SSSR count). The summed E-state index contributed by atoms with van der Waals surface area (Å²) in [5, 5.41) is 33.9. The fourth-order valence-electron chi connectivity index (χ4n) is 16.3. The Kier molecular flexibility index (Phi) is 41.1. The molecular weight excluding hydrogens is 1720 g/mol. The maximum atomic E-state index is 13.2. The van der Waals surface area contributed by atoms with Gasteiger partial charge in [0.15, 0.2) is 11.5 Å². The number of fused-ring (bicyclic) bond motifs is 3. The zero-order valence-corrected chi connectivity index (χ0v) is 76.8. The molecule has 2 fully saturated rings. The fourth-order valence-corrected chi connectivity index (χ4v) is 17.4. The molecule has 16 nitrogen and oxygen atoms in total. The molecule has 7 N–H and O–H groups in total. The van der Waals surface area contributed by atoms with E-state index in [1.807, 2.05) is 106 Å². The molecule has 129 heavy (non-hydrogen) atoms. The first-order valence-corrected chi connectivity index (χ1v) is 45.7. The van der Waals surface area contributed by atoms with Gasteiger partial charge in [0, 0.05) is 86.3 Å². The van der Waals surface area contributed by atoms with Crippen LogP contribution in [0.2, 0.25) is 10.0 Å². The summed E-state index contributed by atoms with van der Waals surface area (Å²) in [4.78, 5) is 8.51. The molecule has 26 heteroatoms. The molecule has 0 amide bonds. The molecule has 7 atom stereocenters. The largest absolute Gasteiger partial charge is 0.497 e. The smallest absolute Gasteiger partial charge is 0.416 e. The van der Waals surface area contributed by atoms with Gasteiger partial charge in [-0.05, 0) is 259 Å². The van der Waals surface area contributed by atoms with Crippen molar-refractivity contribution in [3.05, 3.63) is 319 Å². The number of rotatable bonds is 32. The van der Waals surface area contributed by atoms with E-state index in [9.17, 15) is 35.8 Å². The Labute approximate surface area is 769 Å². The number of aliphatic hydroxyl groups is 1. The Bertz CT molecular complexity index is 5100. The number of nitrogens with two attached hydrogens (primary N) is 1. The maximum Gasteiger partial charge on any atom is 0.416 e. The molecular formula is C103H122Cl2F7N7O9S. The number of piperidine rings is 1. The first-order chi connectivity index (χ1) is 62.4. The van der Waals surface area contributed by atoms with E-state index in [0.717, 1.165) is 162 Å². The number of nitrogens with one attached hydrogen (secondary N) is 4. The van der Waals surface area contributed by atoms with Crippen LogP contribution in [0.5, 0.6) is 34.5 Å². The third-order valence-electron chi connectivity index (χ3n) is 23.1. The second kappa shape index (κ2) is 52.3. The molecule has 692 valence electrons. The van der Waals surface area contributed by atoms with Gasteiger partial charge in [0.25, 0.3) is 0 Å². The number of oxime groups is 1. The predicted octanol–water partition coefficient (Wildman–Crippen LogP) is 23.8. The standard InChI is InChI=1S/C19H20FNO3.C18H19NOS.C17H17Cl2N.C17H18F3NO.C17H27NO2.C15H21F3N2O2/c20-15-3-1-13(2-4-15)17-7-8-21-10-14(17)11-22-16-5-6-18-19(9-16)24-12-23-18;1-19-12-11-17(18-10-5-13-21-18)20-16-9-4-7-14-6-2-3-8-15(14)16;1-20-17-9-7-12(13-4-2-3-5-14(13)17)11-6-8-15(18)16(19)10-11;1-21-12-11-16(13-5-3-2-4-6-13)22-15-9-7-14(8-10-15)17(18,19)20;1-18(2)13-16(17(19)11-5-4-6-12-17)14-7-9-15(20-3)10-8-14;1-21-10-3-2-4-14(20-22-11-9-19)12-5-7-13(8-6-12)15(16,17)18/h1-6,9,14,17,21H,7-8,10-12H2;2-10,13,17,19H,11-12H2,1H3;2-6,8,10,12,17,20H,7,9H2,1H3;2-10,16,21H,11-12H2,1H3;7-10,16,19H,4-6,11-13H2,1-3H3;5-8H,2-4,9-11,19H2,1H3/b;;;;;20-14-/t14?,17-;17-;12-,17-;16-;;/m0001../s1. The Hall–Kier alpha value is -9.80. The fraction of sp³-hybridized carbons (Fsp3) is 0.388. The number of methoxy groups -OCH3 is 2. The number of likely N-dealkylation sites (N-methyl/N-ethyl adjacent to an activating group) is 1. The second-order valence-electron chi connectivity index (χ2n) is 32.4. The lowest BCUT2D eigenvalue weighted by Crippen LogP contribution is -2.42. The van der Waals surface area contributed by atoms with Crippen molar-refractivity contribution in [1.29, 1.82) is 0 Å². The van der Waals surface area contributed by atoms with Crippen molar-refractivity contribution in [2.75, 3.05) is 115 Å². The van der Waals surface area contributed by atoms with Gasteiger partial charge in [-0.15, -0.1) is 11.3 Å². The Morgan fingerprint density at radius 3 is 1.92 bits per heavy atom. The number of ether oxygens (including phenoxy) is 7. The molecule has 1 saturated heterocycles. The molecule has 0 radical (unpaired) electrons. The Morgan fingerprint density at radius 1 is 0.628 bits per heavy atom. The van der Waals surface area contributed by atoms with E-state index in [1.54, 1.807) is 25.6 Å². The highest BCUT2D eigenvalue weighted by Gasteiger charge is 2.40. The van der Waals surface area contributed by atoms with Crippen LogP contribution in [0.15, 0.2) is 253 Å². The van der Waals surface area contributed by atoms with Crippen molar-refractivity contribution in [3.8, 4) is 34.5 Å². The molecule has 2 aliphatic carbocycles. The van der Waals surface area contributed by atoms with Crippen LogP contribution in [0, 0.1) is 11.7 Å². The number of hydrogen-bond acceptors (Lipinski definition) is 17. The topological polar surface area (TPSA) is 184 Å². The predicted molar refractivity (Wildman–Crippen MR) is 505 cm³/mol. The highest BCUT2D eigenvalue weighted by atomic mass is 35.5. The highest BCUT2D eigenvalue weighted by Crippen LogP contribution is 2.45. The minimum Gasteiger partial charge on any atom is -0.497 e. The van der Waals surface area contributed by atoms with Crippen molar-refractivity contribution in [2.24, 2.45) is 16.8 Å². The van der Waals surface area contributed by atoms with Gasteiger partial charge in [-0.3, -0.25) is 0 Å². The van der Waals surface area contributed by atoms with Gasteiger partial charge in [-0.1, -0.05) is 187 Å². The molecule has 1 aromatic heterocycles. The summed E-state index contributed by atoms with van der Waals surface area (Å²) in [6.45, 7) is 6.53. The van der Waals surface area contributed by atoms with Crippen molar-refractivity contribution >= 4 is 51.0 Å². The summed E-state index contributed by atoms with van der Waals surface area (Å²) < 4.78 is 128. The van der Waals surface area contributed by atoms with E-state index in [1.165, 1.54) is 86.3 Å². The average Bonchev–Trinajstić information content (AvgIpc) is 1.12. The molecule has 10 aromatic carbocycles. The quantitative estimate of drug-likeness (QED) is 0.0101. The van der Waals surface area contributed by atoms with Crippen LogP contribution in [-0.4, -0.2) is 137 Å². The lowest BCUT2D eigenvalue weighted by Gasteiger charge is -2.40. The summed E-state index contributed by atoms with van der Waals surface area (Å²) in [5.74, 6) is 5.62. The van der Waals surface area contributed by atoms with Gasteiger partial charge in [0.1, 0.15) is 47.6 Å². The number of unbranched alkanes of at least 4 members (excludes halogenated alkanes) is 1. The van der Waals surface area contributed by atoms with Gasteiger partial charge in [-0.2, -0.15) is 26.3 Å². The average molecular weight is 1840 g/mol. The number of nitrogens with zero attached hydrogens (tertiary/aromatic N) is 2. The first kappa shape index (κ1) is 101. The molecule has 0 bridgehead atoms. The number of benzene rings is 10. The molecule has 2 unspecified atom stereocenters. The number of hydrogen-bond donors (Lipinski definition) is 6. The van der Waals surface area contributed by atoms with Crippen LogP contribution in [0.1, 0.15) is 174 Å². The van der Waals surface area contributed by atoms with E-state index >= 15 is 0 Å². The van der Waals surface area contributed by atoms with Gasteiger partial charge in [0.05, 0.1) is 46.2 Å². The lowest BCUT2D eigenvalue weighted by molar-refractivity contribution is -0.138. The Balaban J connectivity index is 0.000000161. The van der Waals surface area contributed by atoms with E-state index < -0.39 is 29.1 Å². The normalized spacial score (nSPS) is 16.9. The monoisotopic (exact) mass is 1840 g/mol. The highest BCUT2D eigenvalue weighted by molar-refractivity contribution is 7.10. The maximum absolute atomic E-state index is 13.2. The molecule has 3 heterocycles. The zero-order chi connectivity index (χ0) is 92.0. The van der Waals surface area contributed by atoms with E-state index in [2.05, 4.69) is 148 Å². The van der Waals surface area contributed by atoms with Crippen LogP contribution in [0.3, 0.4) is 0 Å². The molecule has 1 saturated carbocycles. The first-order valence-electron chi connectivity index (χ1n) is 44.0. The van der Waals surface area contributed by atoms with E-state index in [-0.39, 0.29) is 37.3 Å². The van der Waals surface area contributed by atoms with Gasteiger partial charge >= 0.3 is 12.4 Å². The summed E-state index contributed by atoms with van der Waals surface area (Å²) >= 11 is 13.9. The van der Waals surface area contributed by atoms with Crippen LogP contribution in [0.25, 0.3) is 10.8 Å². The van der Waals surface area contributed by atoms with Gasteiger partial charge < -0.3 is 75.0 Å². The lowest BCUT2D eigenvalue weighted by atomic mass is 9.72. The summed E-state index contributed by atoms with van der Waals surface area (Å²) in [7, 11) is 13.3. The number of halogens is 9. The number of alkyl halides is 6. The van der Waals surface area contributed by atoms with E-state index in [4.69, 9.17) is 66.9 Å². The molecule has 0 spiro atoms. The van der Waals surface area contributed by atoms with Gasteiger partial charge in [0.2, 0.25) is 6.79 Å². The Morgan fingerprint density at radius 2 is 1.27 bits per heavy atom. The van der Waals surface area contributed by atoms with Gasteiger partial charge in [-0.25, -0.2) is 4.39 Å². The zero-order valence-electron chi connectivity index (χ0n) is 74.5. The van der Waals surface area contributed by atoms with Crippen molar-refractivity contribution < 1.29 is 73.8 Å².